The first-order valence-corrected chi connectivity index (χ1v) is 8.29. The number of thiophene rings is 1. The van der Waals surface area contributed by atoms with Gasteiger partial charge < -0.3 is 9.73 Å². The van der Waals surface area contributed by atoms with E-state index in [0.717, 1.165) is 10.4 Å². The SMILES string of the molecule is O=C(NCc1cccs1)c1ccc2oc(-c3ccncc3)nc2c1. The molecule has 4 rings (SSSR count). The van der Waals surface area contributed by atoms with Crippen molar-refractivity contribution < 1.29 is 9.21 Å². The van der Waals surface area contributed by atoms with E-state index in [1.807, 2.05) is 29.6 Å². The first-order chi connectivity index (χ1) is 11.8. The zero-order chi connectivity index (χ0) is 16.4. The first-order valence-electron chi connectivity index (χ1n) is 7.41. The zero-order valence-corrected chi connectivity index (χ0v) is 13.4. The van der Waals surface area contributed by atoms with Crippen LogP contribution in [0, 0.1) is 0 Å². The van der Waals surface area contributed by atoms with Crippen LogP contribution in [0.25, 0.3) is 22.6 Å². The highest BCUT2D eigenvalue weighted by atomic mass is 32.1. The van der Waals surface area contributed by atoms with Crippen LogP contribution in [-0.4, -0.2) is 15.9 Å². The molecule has 0 radical (unpaired) electrons. The Bertz CT molecular complexity index is 978. The predicted octanol–water partition coefficient (Wildman–Crippen LogP) is 3.88. The predicted molar refractivity (Wildman–Crippen MR) is 92.7 cm³/mol. The van der Waals surface area contributed by atoms with E-state index in [9.17, 15) is 4.79 Å². The Morgan fingerprint density at radius 1 is 1.17 bits per heavy atom. The van der Waals surface area contributed by atoms with Gasteiger partial charge in [0.1, 0.15) is 5.52 Å². The first kappa shape index (κ1) is 14.6. The number of carbonyl (C=O) groups is 1. The van der Waals surface area contributed by atoms with Gasteiger partial charge in [0, 0.05) is 28.4 Å². The van der Waals surface area contributed by atoms with E-state index >= 15 is 0 Å². The average Bonchev–Trinajstić information content (AvgIpc) is 3.29. The molecule has 5 nitrogen and oxygen atoms in total. The van der Waals surface area contributed by atoms with Crippen molar-refractivity contribution in [1.82, 2.24) is 15.3 Å². The lowest BCUT2D eigenvalue weighted by molar-refractivity contribution is 0.0951. The van der Waals surface area contributed by atoms with Crippen LogP contribution in [0.4, 0.5) is 0 Å². The summed E-state index contributed by atoms with van der Waals surface area (Å²) < 4.78 is 5.74. The molecule has 1 aromatic carbocycles. The van der Waals surface area contributed by atoms with Gasteiger partial charge in [-0.25, -0.2) is 4.98 Å². The molecule has 1 amide bonds. The summed E-state index contributed by atoms with van der Waals surface area (Å²) in [5, 5.41) is 4.90. The molecule has 0 atom stereocenters. The molecule has 0 saturated carbocycles. The van der Waals surface area contributed by atoms with Crippen LogP contribution in [0.3, 0.4) is 0 Å². The van der Waals surface area contributed by atoms with Gasteiger partial charge in [0.2, 0.25) is 5.89 Å². The number of nitrogens with one attached hydrogen (secondary N) is 1. The van der Waals surface area contributed by atoms with Crippen molar-refractivity contribution in [3.8, 4) is 11.5 Å². The van der Waals surface area contributed by atoms with Crippen molar-refractivity contribution in [2.24, 2.45) is 0 Å². The van der Waals surface area contributed by atoms with Gasteiger partial charge in [-0.1, -0.05) is 6.07 Å². The fraction of sp³-hybridized carbons (Fsp3) is 0.0556. The molecule has 6 heteroatoms. The van der Waals surface area contributed by atoms with Crippen LogP contribution in [-0.2, 0) is 6.54 Å². The second-order valence-corrected chi connectivity index (χ2v) is 6.23. The number of fused-ring (bicyclic) bond motifs is 1. The van der Waals surface area contributed by atoms with Gasteiger partial charge in [-0.05, 0) is 41.8 Å². The van der Waals surface area contributed by atoms with Crippen molar-refractivity contribution in [3.05, 3.63) is 70.7 Å². The molecular formula is C18H13N3O2S. The third-order valence-electron chi connectivity index (χ3n) is 3.58. The minimum absolute atomic E-state index is 0.126. The average molecular weight is 335 g/mol. The lowest BCUT2D eigenvalue weighted by Crippen LogP contribution is -2.22. The number of rotatable bonds is 4. The Morgan fingerprint density at radius 3 is 2.83 bits per heavy atom. The second-order valence-electron chi connectivity index (χ2n) is 5.20. The largest absolute Gasteiger partial charge is 0.436 e. The Morgan fingerprint density at radius 2 is 2.04 bits per heavy atom. The molecule has 3 aromatic heterocycles. The molecule has 0 spiro atoms. The Hall–Kier alpha value is -2.99. The second kappa shape index (κ2) is 6.25. The number of oxazole rings is 1. The molecule has 24 heavy (non-hydrogen) atoms. The topological polar surface area (TPSA) is 68.0 Å². The maximum absolute atomic E-state index is 12.3. The highest BCUT2D eigenvalue weighted by molar-refractivity contribution is 7.09. The van der Waals surface area contributed by atoms with Crippen LogP contribution in [0.5, 0.6) is 0 Å². The van der Waals surface area contributed by atoms with Crippen molar-refractivity contribution in [2.45, 2.75) is 6.54 Å². The molecule has 0 aliphatic heterocycles. The molecule has 0 aliphatic rings. The summed E-state index contributed by atoms with van der Waals surface area (Å²) in [4.78, 5) is 21.8. The van der Waals surface area contributed by atoms with Gasteiger partial charge in [0.25, 0.3) is 5.91 Å². The lowest BCUT2D eigenvalue weighted by Gasteiger charge is -2.03. The molecule has 0 unspecified atom stereocenters. The van der Waals surface area contributed by atoms with E-state index in [-0.39, 0.29) is 5.91 Å². The van der Waals surface area contributed by atoms with Crippen molar-refractivity contribution in [3.63, 3.8) is 0 Å². The van der Waals surface area contributed by atoms with Gasteiger partial charge in [0.15, 0.2) is 5.58 Å². The van der Waals surface area contributed by atoms with Crippen LogP contribution in [0.1, 0.15) is 15.2 Å². The number of amides is 1. The molecule has 0 fully saturated rings. The van der Waals surface area contributed by atoms with E-state index in [1.54, 1.807) is 41.9 Å². The number of aromatic nitrogens is 2. The van der Waals surface area contributed by atoms with E-state index < -0.39 is 0 Å². The fourth-order valence-electron chi connectivity index (χ4n) is 2.37. The number of hydrogen-bond acceptors (Lipinski definition) is 5. The molecule has 4 aromatic rings. The van der Waals surface area contributed by atoms with Crippen LogP contribution < -0.4 is 5.32 Å². The van der Waals surface area contributed by atoms with Crippen LogP contribution >= 0.6 is 11.3 Å². The molecule has 0 saturated heterocycles. The summed E-state index contributed by atoms with van der Waals surface area (Å²) in [6.07, 6.45) is 3.38. The van der Waals surface area contributed by atoms with E-state index in [1.165, 1.54) is 0 Å². The number of benzene rings is 1. The Kier molecular flexibility index (Phi) is 3.80. The summed E-state index contributed by atoms with van der Waals surface area (Å²) in [6, 6.07) is 12.9. The minimum atomic E-state index is -0.126. The third-order valence-corrected chi connectivity index (χ3v) is 4.46. The van der Waals surface area contributed by atoms with Crippen molar-refractivity contribution in [2.75, 3.05) is 0 Å². The van der Waals surface area contributed by atoms with Gasteiger partial charge in [-0.3, -0.25) is 9.78 Å². The monoisotopic (exact) mass is 335 g/mol. The number of carbonyl (C=O) groups excluding carboxylic acids is 1. The molecule has 0 bridgehead atoms. The Balaban J connectivity index is 1.57. The number of pyridine rings is 1. The normalized spacial score (nSPS) is 10.8. The van der Waals surface area contributed by atoms with Crippen LogP contribution in [0.2, 0.25) is 0 Å². The zero-order valence-electron chi connectivity index (χ0n) is 12.6. The highest BCUT2D eigenvalue weighted by Crippen LogP contribution is 2.24. The standard InChI is InChI=1S/C18H13N3O2S/c22-17(20-11-14-2-1-9-24-14)13-3-4-16-15(10-13)21-18(23-16)12-5-7-19-8-6-12/h1-10H,11H2,(H,20,22). The summed E-state index contributed by atoms with van der Waals surface area (Å²) in [7, 11) is 0. The molecule has 1 N–H and O–H groups in total. The maximum Gasteiger partial charge on any atom is 0.251 e. The smallest absolute Gasteiger partial charge is 0.251 e. The summed E-state index contributed by atoms with van der Waals surface area (Å²) in [5.74, 6) is 0.391. The van der Waals surface area contributed by atoms with Gasteiger partial charge in [-0.15, -0.1) is 11.3 Å². The summed E-state index contributed by atoms with van der Waals surface area (Å²) in [6.45, 7) is 0.523. The molecular weight excluding hydrogens is 322 g/mol. The molecule has 3 heterocycles. The minimum Gasteiger partial charge on any atom is -0.436 e. The van der Waals surface area contributed by atoms with Crippen molar-refractivity contribution >= 4 is 28.3 Å². The third kappa shape index (κ3) is 2.91. The summed E-state index contributed by atoms with van der Waals surface area (Å²) >= 11 is 1.62. The van der Waals surface area contributed by atoms with Gasteiger partial charge in [0.05, 0.1) is 6.54 Å². The van der Waals surface area contributed by atoms with E-state index in [2.05, 4.69) is 15.3 Å². The van der Waals surface area contributed by atoms with Crippen molar-refractivity contribution in [1.29, 1.82) is 0 Å². The molecule has 118 valence electrons. The highest BCUT2D eigenvalue weighted by Gasteiger charge is 2.12. The van der Waals surface area contributed by atoms with Gasteiger partial charge in [-0.2, -0.15) is 0 Å². The van der Waals surface area contributed by atoms with E-state index in [0.29, 0.717) is 29.1 Å². The summed E-state index contributed by atoms with van der Waals surface area (Å²) in [5.41, 5.74) is 2.72. The lowest BCUT2D eigenvalue weighted by atomic mass is 10.2. The maximum atomic E-state index is 12.3. The number of hydrogen-bond donors (Lipinski definition) is 1. The van der Waals surface area contributed by atoms with Gasteiger partial charge >= 0.3 is 0 Å². The van der Waals surface area contributed by atoms with Crippen LogP contribution in [0.15, 0.2) is 64.7 Å². The van der Waals surface area contributed by atoms with E-state index in [4.69, 9.17) is 4.42 Å². The Labute approximate surface area is 142 Å². The quantitative estimate of drug-likeness (QED) is 0.614. The molecule has 0 aliphatic carbocycles. The number of nitrogens with zero attached hydrogens (tertiary/aromatic N) is 2. The fourth-order valence-corrected chi connectivity index (χ4v) is 3.01.